The lowest BCUT2D eigenvalue weighted by Crippen LogP contribution is -2.34. The fourth-order valence-corrected chi connectivity index (χ4v) is 2.74. The molecule has 0 aliphatic carbocycles. The SMILES string of the molecule is CCC(N)Cc1cnc(N2CCC(C)CC2)c(C)c1. The van der Waals surface area contributed by atoms with Crippen molar-refractivity contribution >= 4 is 5.82 Å². The zero-order valence-electron chi connectivity index (χ0n) is 12.5. The standard InChI is InChI=1S/C16H27N3/c1-4-15(17)10-14-9-13(3)16(18-11-14)19-7-5-12(2)6-8-19/h9,11-12,15H,4-8,10,17H2,1-3H3. The van der Waals surface area contributed by atoms with Crippen LogP contribution in [0, 0.1) is 12.8 Å². The molecule has 2 N–H and O–H groups in total. The van der Waals surface area contributed by atoms with Gasteiger partial charge in [0.1, 0.15) is 5.82 Å². The van der Waals surface area contributed by atoms with E-state index in [1.165, 1.54) is 29.8 Å². The molecule has 0 radical (unpaired) electrons. The third-order valence-corrected chi connectivity index (χ3v) is 4.21. The first-order valence-corrected chi connectivity index (χ1v) is 7.56. The Morgan fingerprint density at radius 1 is 1.42 bits per heavy atom. The molecular formula is C16H27N3. The van der Waals surface area contributed by atoms with Crippen molar-refractivity contribution in [3.05, 3.63) is 23.4 Å². The van der Waals surface area contributed by atoms with E-state index in [9.17, 15) is 0 Å². The smallest absolute Gasteiger partial charge is 0.131 e. The first-order valence-electron chi connectivity index (χ1n) is 7.56. The van der Waals surface area contributed by atoms with Gasteiger partial charge in [0, 0.05) is 25.3 Å². The normalized spacial score (nSPS) is 18.6. The van der Waals surface area contributed by atoms with E-state index in [0.717, 1.165) is 31.8 Å². The average Bonchev–Trinajstić information content (AvgIpc) is 2.40. The molecule has 0 saturated carbocycles. The third-order valence-electron chi connectivity index (χ3n) is 4.21. The fourth-order valence-electron chi connectivity index (χ4n) is 2.74. The summed E-state index contributed by atoms with van der Waals surface area (Å²) < 4.78 is 0. The maximum atomic E-state index is 6.01. The summed E-state index contributed by atoms with van der Waals surface area (Å²) in [6, 6.07) is 2.51. The van der Waals surface area contributed by atoms with E-state index in [-0.39, 0.29) is 6.04 Å². The molecular weight excluding hydrogens is 234 g/mol. The molecule has 19 heavy (non-hydrogen) atoms. The zero-order chi connectivity index (χ0) is 13.8. The molecule has 0 bridgehead atoms. The van der Waals surface area contributed by atoms with E-state index in [0.29, 0.717) is 0 Å². The van der Waals surface area contributed by atoms with Crippen LogP contribution >= 0.6 is 0 Å². The Bertz CT molecular complexity index is 408. The highest BCUT2D eigenvalue weighted by Crippen LogP contribution is 2.24. The molecule has 1 atom stereocenters. The molecule has 0 amide bonds. The molecule has 1 aromatic rings. The van der Waals surface area contributed by atoms with Crippen LogP contribution in [0.15, 0.2) is 12.3 Å². The zero-order valence-corrected chi connectivity index (χ0v) is 12.5. The van der Waals surface area contributed by atoms with E-state index >= 15 is 0 Å². The molecule has 106 valence electrons. The van der Waals surface area contributed by atoms with Crippen LogP contribution in [0.3, 0.4) is 0 Å². The highest BCUT2D eigenvalue weighted by Gasteiger charge is 2.18. The van der Waals surface area contributed by atoms with Crippen LogP contribution in [0.25, 0.3) is 0 Å². The Kier molecular flexibility index (Phi) is 4.81. The fraction of sp³-hybridized carbons (Fsp3) is 0.688. The van der Waals surface area contributed by atoms with Crippen LogP contribution in [-0.2, 0) is 6.42 Å². The molecule has 1 unspecified atom stereocenters. The van der Waals surface area contributed by atoms with Gasteiger partial charge < -0.3 is 10.6 Å². The minimum absolute atomic E-state index is 0.253. The van der Waals surface area contributed by atoms with E-state index < -0.39 is 0 Å². The number of piperidine rings is 1. The molecule has 2 rings (SSSR count). The second-order valence-electron chi connectivity index (χ2n) is 6.03. The number of aromatic nitrogens is 1. The number of hydrogen-bond acceptors (Lipinski definition) is 3. The summed E-state index contributed by atoms with van der Waals surface area (Å²) in [6.45, 7) is 8.92. The topological polar surface area (TPSA) is 42.1 Å². The van der Waals surface area contributed by atoms with Gasteiger partial charge in [-0.15, -0.1) is 0 Å². The lowest BCUT2D eigenvalue weighted by atomic mass is 9.98. The minimum Gasteiger partial charge on any atom is -0.356 e. The number of nitrogens with two attached hydrogens (primary N) is 1. The van der Waals surface area contributed by atoms with Crippen molar-refractivity contribution in [2.75, 3.05) is 18.0 Å². The van der Waals surface area contributed by atoms with Gasteiger partial charge >= 0.3 is 0 Å². The third kappa shape index (κ3) is 3.69. The van der Waals surface area contributed by atoms with Gasteiger partial charge in [0.2, 0.25) is 0 Å². The molecule has 3 heteroatoms. The minimum atomic E-state index is 0.253. The van der Waals surface area contributed by atoms with Crippen LogP contribution in [0.1, 0.15) is 44.2 Å². The van der Waals surface area contributed by atoms with Gasteiger partial charge in [-0.1, -0.05) is 19.9 Å². The van der Waals surface area contributed by atoms with Gasteiger partial charge in [0.25, 0.3) is 0 Å². The van der Waals surface area contributed by atoms with E-state index in [4.69, 9.17) is 5.73 Å². The summed E-state index contributed by atoms with van der Waals surface area (Å²) >= 11 is 0. The van der Waals surface area contributed by atoms with Crippen LogP contribution in [0.2, 0.25) is 0 Å². The maximum Gasteiger partial charge on any atom is 0.131 e. The molecule has 2 heterocycles. The lowest BCUT2D eigenvalue weighted by Gasteiger charge is -2.32. The maximum absolute atomic E-state index is 6.01. The first kappa shape index (κ1) is 14.3. The van der Waals surface area contributed by atoms with E-state index in [2.05, 4.69) is 36.7 Å². The highest BCUT2D eigenvalue weighted by molar-refractivity contribution is 5.47. The average molecular weight is 261 g/mol. The predicted molar refractivity (Wildman–Crippen MR) is 81.6 cm³/mol. The highest BCUT2D eigenvalue weighted by atomic mass is 15.2. The Hall–Kier alpha value is -1.09. The monoisotopic (exact) mass is 261 g/mol. The lowest BCUT2D eigenvalue weighted by molar-refractivity contribution is 0.436. The van der Waals surface area contributed by atoms with Crippen molar-refractivity contribution in [3.8, 4) is 0 Å². The summed E-state index contributed by atoms with van der Waals surface area (Å²) in [5, 5.41) is 0. The summed E-state index contributed by atoms with van der Waals surface area (Å²) in [5.41, 5.74) is 8.57. The summed E-state index contributed by atoms with van der Waals surface area (Å²) in [5.74, 6) is 2.03. The van der Waals surface area contributed by atoms with Crippen molar-refractivity contribution in [3.63, 3.8) is 0 Å². The molecule has 0 spiro atoms. The van der Waals surface area contributed by atoms with Gasteiger partial charge in [0.15, 0.2) is 0 Å². The summed E-state index contributed by atoms with van der Waals surface area (Å²) in [4.78, 5) is 7.11. The summed E-state index contributed by atoms with van der Waals surface area (Å²) in [6.07, 6.45) is 6.52. The second-order valence-corrected chi connectivity index (χ2v) is 6.03. The summed E-state index contributed by atoms with van der Waals surface area (Å²) in [7, 11) is 0. The van der Waals surface area contributed by atoms with Crippen molar-refractivity contribution in [2.24, 2.45) is 11.7 Å². The van der Waals surface area contributed by atoms with Crippen molar-refractivity contribution in [2.45, 2.75) is 52.5 Å². The second kappa shape index (κ2) is 6.38. The van der Waals surface area contributed by atoms with Crippen molar-refractivity contribution in [1.82, 2.24) is 4.98 Å². The number of aryl methyl sites for hydroxylation is 1. The van der Waals surface area contributed by atoms with Gasteiger partial charge in [-0.3, -0.25) is 0 Å². The van der Waals surface area contributed by atoms with E-state index in [1.54, 1.807) is 0 Å². The Morgan fingerprint density at radius 2 is 2.11 bits per heavy atom. The molecule has 1 aromatic heterocycles. The Balaban J connectivity index is 2.06. The first-order chi connectivity index (χ1) is 9.10. The van der Waals surface area contributed by atoms with Gasteiger partial charge in [-0.25, -0.2) is 4.98 Å². The number of anilines is 1. The quantitative estimate of drug-likeness (QED) is 0.906. The number of hydrogen-bond donors (Lipinski definition) is 1. The van der Waals surface area contributed by atoms with Gasteiger partial charge in [-0.05, 0) is 49.7 Å². The van der Waals surface area contributed by atoms with Crippen molar-refractivity contribution < 1.29 is 0 Å². The van der Waals surface area contributed by atoms with Crippen LogP contribution in [0.4, 0.5) is 5.82 Å². The molecule has 3 nitrogen and oxygen atoms in total. The molecule has 1 aliphatic rings. The van der Waals surface area contributed by atoms with Crippen LogP contribution in [-0.4, -0.2) is 24.1 Å². The Morgan fingerprint density at radius 3 is 2.68 bits per heavy atom. The Labute approximate surface area is 117 Å². The molecule has 1 saturated heterocycles. The molecule has 1 aliphatic heterocycles. The molecule has 1 fully saturated rings. The van der Waals surface area contributed by atoms with Crippen molar-refractivity contribution in [1.29, 1.82) is 0 Å². The number of nitrogens with zero attached hydrogens (tertiary/aromatic N) is 2. The van der Waals surface area contributed by atoms with Crippen LogP contribution in [0.5, 0.6) is 0 Å². The largest absolute Gasteiger partial charge is 0.356 e. The predicted octanol–water partition coefficient (Wildman–Crippen LogP) is 2.91. The number of rotatable bonds is 4. The van der Waals surface area contributed by atoms with E-state index in [1.807, 2.05) is 6.20 Å². The molecule has 0 aromatic carbocycles. The van der Waals surface area contributed by atoms with Gasteiger partial charge in [0.05, 0.1) is 0 Å². The number of pyridine rings is 1. The van der Waals surface area contributed by atoms with Gasteiger partial charge in [-0.2, -0.15) is 0 Å². The van der Waals surface area contributed by atoms with Crippen LogP contribution < -0.4 is 10.6 Å².